The Morgan fingerprint density at radius 1 is 1.25 bits per heavy atom. The molecule has 0 saturated carbocycles. The highest BCUT2D eigenvalue weighted by Crippen LogP contribution is 2.22. The minimum Gasteiger partial charge on any atom is -0.380 e. The maximum Gasteiger partial charge on any atom is 0.259 e. The van der Waals surface area contributed by atoms with Crippen LogP contribution in [0.5, 0.6) is 0 Å². The third-order valence-electron chi connectivity index (χ3n) is 2.76. The number of hydrogen-bond acceptors (Lipinski definition) is 2. The lowest BCUT2D eigenvalue weighted by Gasteiger charge is -2.11. The van der Waals surface area contributed by atoms with Gasteiger partial charge in [-0.3, -0.25) is 4.79 Å². The summed E-state index contributed by atoms with van der Waals surface area (Å²) in [5, 5.41) is 2.70. The Bertz CT molecular complexity index is 611. The summed E-state index contributed by atoms with van der Waals surface area (Å²) >= 11 is 3.18. The molecular formula is C15H13BrFNO2. The third-order valence-corrected chi connectivity index (χ3v) is 3.42. The molecule has 0 radical (unpaired) electrons. The summed E-state index contributed by atoms with van der Waals surface area (Å²) in [5.41, 5.74) is 1.42. The number of ether oxygens (including phenoxy) is 1. The minimum atomic E-state index is -0.568. The van der Waals surface area contributed by atoms with Crippen LogP contribution in [0.4, 0.5) is 10.1 Å². The molecule has 0 aliphatic rings. The van der Waals surface area contributed by atoms with E-state index >= 15 is 0 Å². The number of anilines is 1. The SMILES string of the molecule is COCc1ccccc1NC(=O)c1c(F)cccc1Br. The zero-order chi connectivity index (χ0) is 14.5. The second-order valence-electron chi connectivity index (χ2n) is 4.14. The van der Waals surface area contributed by atoms with Crippen molar-refractivity contribution >= 4 is 27.5 Å². The van der Waals surface area contributed by atoms with Crippen molar-refractivity contribution in [3.8, 4) is 0 Å². The lowest BCUT2D eigenvalue weighted by Crippen LogP contribution is -2.15. The van der Waals surface area contributed by atoms with Crippen LogP contribution < -0.4 is 5.32 Å². The van der Waals surface area contributed by atoms with Crippen LogP contribution in [0, 0.1) is 5.82 Å². The van der Waals surface area contributed by atoms with Gasteiger partial charge in [0, 0.05) is 22.8 Å². The van der Waals surface area contributed by atoms with Crippen molar-refractivity contribution in [1.29, 1.82) is 0 Å². The van der Waals surface area contributed by atoms with Gasteiger partial charge in [0.05, 0.1) is 12.2 Å². The molecular weight excluding hydrogens is 325 g/mol. The first-order valence-corrected chi connectivity index (χ1v) is 6.75. The number of benzene rings is 2. The molecule has 0 atom stereocenters. The summed E-state index contributed by atoms with van der Waals surface area (Å²) < 4.78 is 19.2. The molecule has 1 N–H and O–H groups in total. The molecule has 2 aromatic rings. The van der Waals surface area contributed by atoms with E-state index in [1.165, 1.54) is 12.1 Å². The fourth-order valence-electron chi connectivity index (χ4n) is 1.82. The first kappa shape index (κ1) is 14.7. The van der Waals surface area contributed by atoms with Crippen LogP contribution in [-0.4, -0.2) is 13.0 Å². The van der Waals surface area contributed by atoms with Gasteiger partial charge in [0.1, 0.15) is 5.82 Å². The summed E-state index contributed by atoms with van der Waals surface area (Å²) in [6, 6.07) is 11.7. The van der Waals surface area contributed by atoms with E-state index in [1.54, 1.807) is 25.3 Å². The Hall–Kier alpha value is -1.72. The van der Waals surface area contributed by atoms with E-state index < -0.39 is 11.7 Å². The van der Waals surface area contributed by atoms with Crippen LogP contribution in [-0.2, 0) is 11.3 Å². The Morgan fingerprint density at radius 2 is 2.00 bits per heavy atom. The zero-order valence-electron chi connectivity index (χ0n) is 10.8. The Morgan fingerprint density at radius 3 is 2.70 bits per heavy atom. The molecule has 20 heavy (non-hydrogen) atoms. The van der Waals surface area contributed by atoms with Crippen molar-refractivity contribution in [3.63, 3.8) is 0 Å². The van der Waals surface area contributed by atoms with E-state index in [0.717, 1.165) is 5.56 Å². The van der Waals surface area contributed by atoms with Gasteiger partial charge in [-0.1, -0.05) is 24.3 Å². The van der Waals surface area contributed by atoms with Crippen molar-refractivity contribution < 1.29 is 13.9 Å². The minimum absolute atomic E-state index is 0.0141. The molecule has 0 aromatic heterocycles. The number of methoxy groups -OCH3 is 1. The van der Waals surface area contributed by atoms with E-state index in [9.17, 15) is 9.18 Å². The fourth-order valence-corrected chi connectivity index (χ4v) is 2.35. The molecule has 2 aromatic carbocycles. The molecule has 5 heteroatoms. The van der Waals surface area contributed by atoms with Crippen molar-refractivity contribution in [3.05, 3.63) is 63.9 Å². The highest BCUT2D eigenvalue weighted by molar-refractivity contribution is 9.10. The molecule has 1 amide bonds. The zero-order valence-corrected chi connectivity index (χ0v) is 12.4. The first-order valence-electron chi connectivity index (χ1n) is 5.95. The van der Waals surface area contributed by atoms with E-state index in [0.29, 0.717) is 16.8 Å². The Balaban J connectivity index is 2.28. The fraction of sp³-hybridized carbons (Fsp3) is 0.133. The standard InChI is InChI=1S/C15H13BrFNO2/c1-20-9-10-5-2-3-8-13(10)18-15(19)14-11(16)6-4-7-12(14)17/h2-8H,9H2,1H3,(H,18,19). The molecule has 0 unspecified atom stereocenters. The van der Waals surface area contributed by atoms with Gasteiger partial charge in [-0.2, -0.15) is 0 Å². The second-order valence-corrected chi connectivity index (χ2v) is 5.00. The van der Waals surface area contributed by atoms with Crippen molar-refractivity contribution in [2.45, 2.75) is 6.61 Å². The van der Waals surface area contributed by atoms with E-state index in [-0.39, 0.29) is 5.56 Å². The highest BCUT2D eigenvalue weighted by atomic mass is 79.9. The smallest absolute Gasteiger partial charge is 0.259 e. The maximum absolute atomic E-state index is 13.7. The summed E-state index contributed by atoms with van der Waals surface area (Å²) in [6.07, 6.45) is 0. The molecule has 0 aliphatic heterocycles. The highest BCUT2D eigenvalue weighted by Gasteiger charge is 2.16. The topological polar surface area (TPSA) is 38.3 Å². The van der Waals surface area contributed by atoms with Gasteiger partial charge in [0.25, 0.3) is 5.91 Å². The molecule has 2 rings (SSSR count). The van der Waals surface area contributed by atoms with E-state index in [1.807, 2.05) is 12.1 Å². The molecule has 0 fully saturated rings. The van der Waals surface area contributed by atoms with Crippen molar-refractivity contribution in [1.82, 2.24) is 0 Å². The summed E-state index contributed by atoms with van der Waals surface area (Å²) in [6.45, 7) is 0.370. The number of rotatable bonds is 4. The van der Waals surface area contributed by atoms with Crippen molar-refractivity contribution in [2.24, 2.45) is 0 Å². The normalized spacial score (nSPS) is 10.3. The molecule has 0 heterocycles. The molecule has 3 nitrogen and oxygen atoms in total. The van der Waals surface area contributed by atoms with Gasteiger partial charge in [0.2, 0.25) is 0 Å². The van der Waals surface area contributed by atoms with Crippen LogP contribution in [0.1, 0.15) is 15.9 Å². The monoisotopic (exact) mass is 337 g/mol. The quantitative estimate of drug-likeness (QED) is 0.916. The number of carbonyl (C=O) groups is 1. The summed E-state index contributed by atoms with van der Waals surface area (Å²) in [4.78, 5) is 12.2. The van der Waals surface area contributed by atoms with Gasteiger partial charge in [-0.25, -0.2) is 4.39 Å². The van der Waals surface area contributed by atoms with E-state index in [2.05, 4.69) is 21.2 Å². The van der Waals surface area contributed by atoms with Gasteiger partial charge in [-0.05, 0) is 34.1 Å². The third kappa shape index (κ3) is 3.23. The lowest BCUT2D eigenvalue weighted by molar-refractivity contribution is 0.102. The first-order chi connectivity index (χ1) is 9.63. The van der Waals surface area contributed by atoms with Gasteiger partial charge in [0.15, 0.2) is 0 Å². The molecule has 0 aliphatic carbocycles. The largest absolute Gasteiger partial charge is 0.380 e. The second kappa shape index (κ2) is 6.63. The molecule has 0 bridgehead atoms. The number of amides is 1. The summed E-state index contributed by atoms with van der Waals surface area (Å²) in [5.74, 6) is -1.07. The Labute approximate surface area is 124 Å². The number of halogens is 2. The molecule has 0 spiro atoms. The van der Waals surface area contributed by atoms with Crippen LogP contribution in [0.2, 0.25) is 0 Å². The summed E-state index contributed by atoms with van der Waals surface area (Å²) in [7, 11) is 1.58. The van der Waals surface area contributed by atoms with Crippen LogP contribution in [0.3, 0.4) is 0 Å². The van der Waals surface area contributed by atoms with Crippen molar-refractivity contribution in [2.75, 3.05) is 12.4 Å². The van der Waals surface area contributed by atoms with Gasteiger partial charge in [-0.15, -0.1) is 0 Å². The molecule has 104 valence electrons. The van der Waals surface area contributed by atoms with Crippen LogP contribution in [0.25, 0.3) is 0 Å². The lowest BCUT2D eigenvalue weighted by atomic mass is 10.1. The van der Waals surface area contributed by atoms with Gasteiger partial charge >= 0.3 is 0 Å². The van der Waals surface area contributed by atoms with Gasteiger partial charge < -0.3 is 10.1 Å². The Kier molecular flexibility index (Phi) is 4.87. The number of nitrogens with one attached hydrogen (secondary N) is 1. The maximum atomic E-state index is 13.7. The number of hydrogen-bond donors (Lipinski definition) is 1. The average Bonchev–Trinajstić information content (AvgIpc) is 2.41. The predicted molar refractivity (Wildman–Crippen MR) is 79.2 cm³/mol. The number of para-hydroxylation sites is 1. The average molecular weight is 338 g/mol. The van der Waals surface area contributed by atoms with Crippen LogP contribution in [0.15, 0.2) is 46.9 Å². The van der Waals surface area contributed by atoms with Crippen LogP contribution >= 0.6 is 15.9 Å². The number of carbonyl (C=O) groups excluding carboxylic acids is 1. The van der Waals surface area contributed by atoms with E-state index in [4.69, 9.17) is 4.74 Å². The molecule has 0 saturated heterocycles. The predicted octanol–water partition coefficient (Wildman–Crippen LogP) is 3.99.